The number of carbonyl (C=O) groups excluding carboxylic acids is 1. The van der Waals surface area contributed by atoms with Crippen LogP contribution in [0.5, 0.6) is 0 Å². The minimum Gasteiger partial charge on any atom is -0.444 e. The molecular weight excluding hydrogens is 242 g/mol. The largest absolute Gasteiger partial charge is 0.444 e. The fourth-order valence-electron chi connectivity index (χ4n) is 2.40. The summed E-state index contributed by atoms with van der Waals surface area (Å²) in [5.41, 5.74) is 0. The molecule has 1 amide bonds. The summed E-state index contributed by atoms with van der Waals surface area (Å²) in [5.74, 6) is 1.58. The minimum atomic E-state index is 0.0640. The van der Waals surface area contributed by atoms with Crippen LogP contribution in [-0.2, 0) is 17.8 Å². The summed E-state index contributed by atoms with van der Waals surface area (Å²) < 4.78 is 5.46. The lowest BCUT2D eigenvalue weighted by molar-refractivity contribution is -0.121. The maximum atomic E-state index is 11.7. The number of rotatable bonds is 6. The molecule has 5 nitrogen and oxygen atoms in total. The molecule has 2 N–H and O–H groups in total. The Morgan fingerprint density at radius 3 is 2.89 bits per heavy atom. The molecule has 0 spiro atoms. The van der Waals surface area contributed by atoms with Crippen LogP contribution in [0, 0.1) is 0 Å². The monoisotopic (exact) mass is 265 g/mol. The van der Waals surface area contributed by atoms with E-state index < -0.39 is 0 Å². The van der Waals surface area contributed by atoms with E-state index in [2.05, 4.69) is 15.6 Å². The van der Waals surface area contributed by atoms with Gasteiger partial charge in [-0.15, -0.1) is 0 Å². The third-order valence-corrected chi connectivity index (χ3v) is 3.48. The van der Waals surface area contributed by atoms with E-state index in [0.29, 0.717) is 25.0 Å². The Labute approximate surface area is 114 Å². The Bertz CT molecular complexity index is 397. The van der Waals surface area contributed by atoms with Crippen molar-refractivity contribution in [2.75, 3.05) is 6.54 Å². The van der Waals surface area contributed by atoms with Crippen LogP contribution in [0.4, 0.5) is 0 Å². The van der Waals surface area contributed by atoms with E-state index in [0.717, 1.165) is 25.0 Å². The number of oxazole rings is 1. The topological polar surface area (TPSA) is 67.2 Å². The SMILES string of the molecule is CCc1cnc(CNCC(=O)NC2CCCCC2)o1. The van der Waals surface area contributed by atoms with E-state index in [1.807, 2.05) is 6.92 Å². The molecule has 0 radical (unpaired) electrons. The maximum absolute atomic E-state index is 11.7. The number of amides is 1. The quantitative estimate of drug-likeness (QED) is 0.822. The Balaban J connectivity index is 1.63. The number of aromatic nitrogens is 1. The molecule has 19 heavy (non-hydrogen) atoms. The van der Waals surface area contributed by atoms with Crippen LogP contribution in [0.15, 0.2) is 10.6 Å². The fourth-order valence-corrected chi connectivity index (χ4v) is 2.40. The number of hydrogen-bond acceptors (Lipinski definition) is 4. The predicted molar refractivity (Wildman–Crippen MR) is 72.6 cm³/mol. The highest BCUT2D eigenvalue weighted by molar-refractivity contribution is 5.78. The van der Waals surface area contributed by atoms with Gasteiger partial charge in [-0.1, -0.05) is 26.2 Å². The first-order valence-corrected chi connectivity index (χ1v) is 7.21. The molecule has 2 rings (SSSR count). The Kier molecular flexibility index (Phi) is 5.39. The van der Waals surface area contributed by atoms with Gasteiger partial charge in [-0.3, -0.25) is 10.1 Å². The Morgan fingerprint density at radius 2 is 2.21 bits per heavy atom. The van der Waals surface area contributed by atoms with E-state index in [-0.39, 0.29) is 5.91 Å². The van der Waals surface area contributed by atoms with Gasteiger partial charge in [0, 0.05) is 12.5 Å². The lowest BCUT2D eigenvalue weighted by Gasteiger charge is -2.22. The van der Waals surface area contributed by atoms with E-state index in [4.69, 9.17) is 4.42 Å². The molecule has 1 aromatic rings. The number of carbonyl (C=O) groups is 1. The van der Waals surface area contributed by atoms with Gasteiger partial charge in [-0.05, 0) is 12.8 Å². The summed E-state index contributed by atoms with van der Waals surface area (Å²) in [5, 5.41) is 6.13. The highest BCUT2D eigenvalue weighted by Gasteiger charge is 2.15. The first kappa shape index (κ1) is 14.1. The first-order valence-electron chi connectivity index (χ1n) is 7.21. The molecule has 0 atom stereocenters. The first-order chi connectivity index (χ1) is 9.28. The average molecular weight is 265 g/mol. The standard InChI is InChI=1S/C14H23N3O2/c1-2-12-8-16-14(19-12)10-15-9-13(18)17-11-6-4-3-5-7-11/h8,11,15H,2-7,9-10H2,1H3,(H,17,18). The van der Waals surface area contributed by atoms with Crippen molar-refractivity contribution in [3.8, 4) is 0 Å². The molecule has 1 fully saturated rings. The van der Waals surface area contributed by atoms with Crippen molar-refractivity contribution in [3.63, 3.8) is 0 Å². The van der Waals surface area contributed by atoms with Crippen molar-refractivity contribution in [2.45, 2.75) is 58.0 Å². The van der Waals surface area contributed by atoms with Crippen LogP contribution in [-0.4, -0.2) is 23.5 Å². The molecule has 1 aliphatic carbocycles. The van der Waals surface area contributed by atoms with Crippen molar-refractivity contribution in [3.05, 3.63) is 17.8 Å². The second-order valence-corrected chi connectivity index (χ2v) is 5.08. The summed E-state index contributed by atoms with van der Waals surface area (Å²) in [6.07, 6.45) is 8.57. The third kappa shape index (κ3) is 4.67. The van der Waals surface area contributed by atoms with E-state index in [1.165, 1.54) is 19.3 Å². The number of nitrogens with one attached hydrogen (secondary N) is 2. The van der Waals surface area contributed by atoms with E-state index >= 15 is 0 Å². The van der Waals surface area contributed by atoms with Gasteiger partial charge in [0.2, 0.25) is 11.8 Å². The summed E-state index contributed by atoms with van der Waals surface area (Å²) in [7, 11) is 0. The molecule has 106 valence electrons. The summed E-state index contributed by atoms with van der Waals surface area (Å²) in [6.45, 7) is 2.84. The zero-order valence-corrected chi connectivity index (χ0v) is 11.6. The molecule has 0 bridgehead atoms. The molecule has 1 saturated carbocycles. The van der Waals surface area contributed by atoms with Gasteiger partial charge in [0.25, 0.3) is 0 Å². The van der Waals surface area contributed by atoms with Crippen LogP contribution >= 0.6 is 0 Å². The van der Waals surface area contributed by atoms with Gasteiger partial charge < -0.3 is 9.73 Å². The number of nitrogens with zero attached hydrogens (tertiary/aromatic N) is 1. The highest BCUT2D eigenvalue weighted by atomic mass is 16.4. The van der Waals surface area contributed by atoms with Crippen LogP contribution in [0.3, 0.4) is 0 Å². The molecule has 0 saturated heterocycles. The van der Waals surface area contributed by atoms with Crippen LogP contribution in [0.1, 0.15) is 50.7 Å². The smallest absolute Gasteiger partial charge is 0.234 e. The molecule has 0 aromatic carbocycles. The predicted octanol–water partition coefficient (Wildman–Crippen LogP) is 1.78. The Hall–Kier alpha value is -1.36. The number of hydrogen-bond donors (Lipinski definition) is 2. The van der Waals surface area contributed by atoms with Gasteiger partial charge in [0.05, 0.1) is 19.3 Å². The lowest BCUT2D eigenvalue weighted by Crippen LogP contribution is -2.41. The van der Waals surface area contributed by atoms with Crippen molar-refractivity contribution in [1.82, 2.24) is 15.6 Å². The summed E-state index contributed by atoms with van der Waals surface area (Å²) in [4.78, 5) is 15.9. The van der Waals surface area contributed by atoms with Crippen molar-refractivity contribution in [1.29, 1.82) is 0 Å². The molecule has 0 aliphatic heterocycles. The second-order valence-electron chi connectivity index (χ2n) is 5.08. The van der Waals surface area contributed by atoms with E-state index in [1.54, 1.807) is 6.20 Å². The minimum absolute atomic E-state index is 0.0640. The zero-order chi connectivity index (χ0) is 13.5. The highest BCUT2D eigenvalue weighted by Crippen LogP contribution is 2.17. The summed E-state index contributed by atoms with van der Waals surface area (Å²) >= 11 is 0. The van der Waals surface area contributed by atoms with Crippen molar-refractivity contribution < 1.29 is 9.21 Å². The number of aryl methyl sites for hydroxylation is 1. The maximum Gasteiger partial charge on any atom is 0.234 e. The molecule has 1 heterocycles. The van der Waals surface area contributed by atoms with Crippen LogP contribution in [0.2, 0.25) is 0 Å². The molecule has 1 aliphatic rings. The van der Waals surface area contributed by atoms with E-state index in [9.17, 15) is 4.79 Å². The van der Waals surface area contributed by atoms with Gasteiger partial charge in [0.1, 0.15) is 5.76 Å². The molecule has 0 unspecified atom stereocenters. The van der Waals surface area contributed by atoms with Gasteiger partial charge >= 0.3 is 0 Å². The van der Waals surface area contributed by atoms with Crippen molar-refractivity contribution >= 4 is 5.91 Å². The van der Waals surface area contributed by atoms with Crippen LogP contribution in [0.25, 0.3) is 0 Å². The average Bonchev–Trinajstić information content (AvgIpc) is 2.88. The molecule has 1 aromatic heterocycles. The normalized spacial score (nSPS) is 16.5. The molecule has 5 heteroatoms. The van der Waals surface area contributed by atoms with Crippen LogP contribution < -0.4 is 10.6 Å². The third-order valence-electron chi connectivity index (χ3n) is 3.48. The van der Waals surface area contributed by atoms with Gasteiger partial charge in [0.15, 0.2) is 0 Å². The second kappa shape index (κ2) is 7.28. The van der Waals surface area contributed by atoms with Crippen molar-refractivity contribution in [2.24, 2.45) is 0 Å². The molecular formula is C14H23N3O2. The van der Waals surface area contributed by atoms with Gasteiger partial charge in [-0.2, -0.15) is 0 Å². The lowest BCUT2D eigenvalue weighted by atomic mass is 9.95. The van der Waals surface area contributed by atoms with Gasteiger partial charge in [-0.25, -0.2) is 4.98 Å². The Morgan fingerprint density at radius 1 is 1.42 bits per heavy atom. The fraction of sp³-hybridized carbons (Fsp3) is 0.714. The zero-order valence-electron chi connectivity index (χ0n) is 11.6. The summed E-state index contributed by atoms with van der Waals surface area (Å²) in [6, 6.07) is 0.372.